The summed E-state index contributed by atoms with van der Waals surface area (Å²) >= 11 is 1.73. The molecule has 4 heteroatoms. The Bertz CT molecular complexity index is 442. The van der Waals surface area contributed by atoms with E-state index in [2.05, 4.69) is 4.99 Å². The fourth-order valence-electron chi connectivity index (χ4n) is 1.62. The van der Waals surface area contributed by atoms with Crippen LogP contribution in [0.4, 0.5) is 0 Å². The van der Waals surface area contributed by atoms with E-state index in [1.165, 1.54) is 0 Å². The van der Waals surface area contributed by atoms with Crippen LogP contribution in [0.2, 0.25) is 0 Å². The molecular weight excluding hydrogens is 222 g/mol. The zero-order valence-corrected chi connectivity index (χ0v) is 10.1. The summed E-state index contributed by atoms with van der Waals surface area (Å²) in [7, 11) is 0. The van der Waals surface area contributed by atoms with Gasteiger partial charge in [-0.25, -0.2) is 9.79 Å². The number of carbonyl (C=O) groups excluding carboxylic acids is 1. The van der Waals surface area contributed by atoms with E-state index in [1.54, 1.807) is 17.8 Å². The van der Waals surface area contributed by atoms with E-state index in [9.17, 15) is 4.79 Å². The van der Waals surface area contributed by atoms with Gasteiger partial charge in [-0.15, -0.1) is 0 Å². The summed E-state index contributed by atoms with van der Waals surface area (Å²) < 4.78 is 5.15. The van der Waals surface area contributed by atoms with Gasteiger partial charge in [0.1, 0.15) is 0 Å². The Morgan fingerprint density at radius 2 is 2.06 bits per heavy atom. The third kappa shape index (κ3) is 2.11. The number of aliphatic imine (C=N–C) groups is 1. The van der Waals surface area contributed by atoms with E-state index in [4.69, 9.17) is 4.74 Å². The van der Waals surface area contributed by atoms with Gasteiger partial charge >= 0.3 is 5.97 Å². The standard InChI is InChI=1S/C12H13NO2S/c1-8(7-16-2)13-11-9-5-3-4-6-10(9)12(14)15-11/h3-6,8H,7H2,1-2H3/t8-/m0/s1. The minimum absolute atomic E-state index is 0.156. The normalized spacial score (nSPS) is 18.4. The number of ether oxygens (including phenoxy) is 1. The Balaban J connectivity index is 2.30. The Morgan fingerprint density at radius 1 is 1.38 bits per heavy atom. The SMILES string of the molecule is CSC[C@H](C)N=C1OC(=O)c2ccccc21. The van der Waals surface area contributed by atoms with Crippen molar-refractivity contribution < 1.29 is 9.53 Å². The highest BCUT2D eigenvalue weighted by molar-refractivity contribution is 7.98. The molecule has 0 saturated carbocycles. The van der Waals surface area contributed by atoms with Gasteiger partial charge in [0, 0.05) is 5.75 Å². The number of hydrogen-bond donors (Lipinski definition) is 0. The molecule has 1 aliphatic rings. The van der Waals surface area contributed by atoms with Gasteiger partial charge in [-0.2, -0.15) is 11.8 Å². The maximum atomic E-state index is 11.5. The van der Waals surface area contributed by atoms with Crippen LogP contribution in [0.3, 0.4) is 0 Å². The van der Waals surface area contributed by atoms with Gasteiger partial charge in [0.25, 0.3) is 0 Å². The van der Waals surface area contributed by atoms with Gasteiger partial charge in [0.05, 0.1) is 17.2 Å². The van der Waals surface area contributed by atoms with Crippen molar-refractivity contribution in [3.8, 4) is 0 Å². The second-order valence-electron chi connectivity index (χ2n) is 3.67. The van der Waals surface area contributed by atoms with Crippen LogP contribution in [0.25, 0.3) is 0 Å². The first-order chi connectivity index (χ1) is 7.72. The Morgan fingerprint density at radius 3 is 2.75 bits per heavy atom. The van der Waals surface area contributed by atoms with Crippen molar-refractivity contribution in [1.29, 1.82) is 0 Å². The molecule has 1 heterocycles. The molecule has 0 radical (unpaired) electrons. The number of fused-ring (bicyclic) bond motifs is 1. The molecular formula is C12H13NO2S. The van der Waals surface area contributed by atoms with Crippen LogP contribution in [0.15, 0.2) is 29.3 Å². The molecule has 1 aromatic rings. The summed E-state index contributed by atoms with van der Waals surface area (Å²) in [5.41, 5.74) is 1.41. The first-order valence-corrected chi connectivity index (χ1v) is 6.50. The lowest BCUT2D eigenvalue weighted by Crippen LogP contribution is -2.09. The van der Waals surface area contributed by atoms with Crippen LogP contribution in [-0.4, -0.2) is 29.9 Å². The zero-order valence-electron chi connectivity index (χ0n) is 9.27. The second-order valence-corrected chi connectivity index (χ2v) is 4.58. The van der Waals surface area contributed by atoms with E-state index in [-0.39, 0.29) is 12.0 Å². The third-order valence-electron chi connectivity index (χ3n) is 2.31. The fourth-order valence-corrected chi connectivity index (χ4v) is 2.18. The fraction of sp³-hybridized carbons (Fsp3) is 0.333. The number of thioether (sulfide) groups is 1. The molecule has 0 unspecified atom stereocenters. The van der Waals surface area contributed by atoms with Crippen LogP contribution < -0.4 is 0 Å². The molecule has 0 aliphatic carbocycles. The molecule has 3 nitrogen and oxygen atoms in total. The van der Waals surface area contributed by atoms with Crippen molar-refractivity contribution in [3.63, 3.8) is 0 Å². The average molecular weight is 235 g/mol. The number of cyclic esters (lactones) is 1. The van der Waals surface area contributed by atoms with E-state index < -0.39 is 0 Å². The maximum Gasteiger partial charge on any atom is 0.345 e. The van der Waals surface area contributed by atoms with Crippen molar-refractivity contribution in [3.05, 3.63) is 35.4 Å². The van der Waals surface area contributed by atoms with Gasteiger partial charge in [0.2, 0.25) is 5.90 Å². The molecule has 0 bridgehead atoms. The number of benzene rings is 1. The van der Waals surface area contributed by atoms with E-state index >= 15 is 0 Å². The van der Waals surface area contributed by atoms with Gasteiger partial charge < -0.3 is 4.74 Å². The number of hydrogen-bond acceptors (Lipinski definition) is 4. The molecule has 2 rings (SSSR count). The minimum Gasteiger partial charge on any atom is -0.404 e. The zero-order chi connectivity index (χ0) is 11.5. The predicted octanol–water partition coefficient (Wildman–Crippen LogP) is 2.36. The maximum absolute atomic E-state index is 11.5. The second kappa shape index (κ2) is 4.70. The van der Waals surface area contributed by atoms with Crippen molar-refractivity contribution >= 4 is 23.6 Å². The van der Waals surface area contributed by atoms with Crippen LogP contribution in [0, 0.1) is 0 Å². The molecule has 1 aromatic carbocycles. The van der Waals surface area contributed by atoms with Gasteiger partial charge in [-0.1, -0.05) is 12.1 Å². The molecule has 0 aromatic heterocycles. The van der Waals surface area contributed by atoms with Crippen LogP contribution >= 0.6 is 11.8 Å². The average Bonchev–Trinajstić information content (AvgIpc) is 2.57. The van der Waals surface area contributed by atoms with Crippen molar-refractivity contribution in [2.45, 2.75) is 13.0 Å². The summed E-state index contributed by atoms with van der Waals surface area (Å²) in [6.07, 6.45) is 2.03. The Hall–Kier alpha value is -1.29. The first-order valence-electron chi connectivity index (χ1n) is 5.10. The number of carbonyl (C=O) groups is 1. The van der Waals surface area contributed by atoms with Crippen molar-refractivity contribution in [2.24, 2.45) is 4.99 Å². The van der Waals surface area contributed by atoms with Crippen LogP contribution in [0.1, 0.15) is 22.8 Å². The molecule has 0 fully saturated rings. The summed E-state index contributed by atoms with van der Waals surface area (Å²) in [6.45, 7) is 2.01. The number of esters is 1. The smallest absolute Gasteiger partial charge is 0.345 e. The number of rotatable bonds is 3. The Kier molecular flexibility index (Phi) is 3.29. The molecule has 84 valence electrons. The summed E-state index contributed by atoms with van der Waals surface area (Å²) in [5.74, 6) is 1.08. The molecule has 0 spiro atoms. The largest absolute Gasteiger partial charge is 0.404 e. The third-order valence-corrected chi connectivity index (χ3v) is 3.13. The molecule has 0 N–H and O–H groups in total. The van der Waals surface area contributed by atoms with Crippen molar-refractivity contribution in [2.75, 3.05) is 12.0 Å². The summed E-state index contributed by atoms with van der Waals surface area (Å²) in [6, 6.07) is 7.50. The van der Waals surface area contributed by atoms with Crippen molar-refractivity contribution in [1.82, 2.24) is 0 Å². The van der Waals surface area contributed by atoms with Crippen LogP contribution in [0.5, 0.6) is 0 Å². The van der Waals surface area contributed by atoms with E-state index in [1.807, 2.05) is 31.4 Å². The Labute approximate surface area is 98.9 Å². The molecule has 16 heavy (non-hydrogen) atoms. The lowest BCUT2D eigenvalue weighted by Gasteiger charge is -2.04. The molecule has 1 atom stereocenters. The molecule has 0 amide bonds. The van der Waals surface area contributed by atoms with Gasteiger partial charge in [-0.3, -0.25) is 0 Å². The lowest BCUT2D eigenvalue weighted by atomic mass is 10.1. The topological polar surface area (TPSA) is 38.7 Å². The van der Waals surface area contributed by atoms with Gasteiger partial charge in [-0.05, 0) is 25.3 Å². The monoisotopic (exact) mass is 235 g/mol. The highest BCUT2D eigenvalue weighted by Crippen LogP contribution is 2.20. The molecule has 1 aliphatic heterocycles. The van der Waals surface area contributed by atoms with Gasteiger partial charge in [0.15, 0.2) is 0 Å². The lowest BCUT2D eigenvalue weighted by molar-refractivity contribution is 0.0736. The first kappa shape index (κ1) is 11.2. The van der Waals surface area contributed by atoms with E-state index in [0.717, 1.165) is 11.3 Å². The summed E-state index contributed by atoms with van der Waals surface area (Å²) in [5, 5.41) is 0. The predicted molar refractivity (Wildman–Crippen MR) is 66.2 cm³/mol. The molecule has 0 saturated heterocycles. The van der Waals surface area contributed by atoms with Crippen LogP contribution in [-0.2, 0) is 4.74 Å². The highest BCUT2D eigenvalue weighted by atomic mass is 32.2. The highest BCUT2D eigenvalue weighted by Gasteiger charge is 2.27. The van der Waals surface area contributed by atoms with E-state index in [0.29, 0.717) is 11.5 Å². The number of nitrogens with zero attached hydrogens (tertiary/aromatic N) is 1. The minimum atomic E-state index is -0.300. The summed E-state index contributed by atoms with van der Waals surface area (Å²) in [4.78, 5) is 15.9. The quantitative estimate of drug-likeness (QED) is 0.755.